The summed E-state index contributed by atoms with van der Waals surface area (Å²) in [5.74, 6) is 0. The second kappa shape index (κ2) is 7.33. The van der Waals surface area contributed by atoms with Crippen LogP contribution in [0.15, 0.2) is 29.8 Å². The molecule has 0 amide bonds. The summed E-state index contributed by atoms with van der Waals surface area (Å²) in [6, 6.07) is 6.25. The van der Waals surface area contributed by atoms with E-state index in [0.29, 0.717) is 10.0 Å². The maximum absolute atomic E-state index is 6.15. The van der Waals surface area contributed by atoms with Crippen LogP contribution in [0.25, 0.3) is 0 Å². The van der Waals surface area contributed by atoms with Crippen LogP contribution in [-0.4, -0.2) is 6.54 Å². The van der Waals surface area contributed by atoms with Gasteiger partial charge in [-0.2, -0.15) is 0 Å². The second-order valence-corrected chi connectivity index (χ2v) is 5.90. The highest BCUT2D eigenvalue weighted by Crippen LogP contribution is 2.33. The minimum atomic E-state index is 0.287. The van der Waals surface area contributed by atoms with Gasteiger partial charge in [0.05, 0.1) is 16.1 Å². The van der Waals surface area contributed by atoms with Crippen molar-refractivity contribution in [1.82, 2.24) is 5.32 Å². The maximum Gasteiger partial charge on any atom is 0.0595 e. The maximum atomic E-state index is 6.15. The first-order valence-corrected chi connectivity index (χ1v) is 7.85. The largest absolute Gasteiger partial charge is 0.307 e. The molecule has 0 heterocycles. The van der Waals surface area contributed by atoms with Gasteiger partial charge < -0.3 is 5.32 Å². The van der Waals surface area contributed by atoms with E-state index in [0.717, 1.165) is 13.0 Å². The molecule has 0 fully saturated rings. The van der Waals surface area contributed by atoms with Crippen LogP contribution in [0.5, 0.6) is 0 Å². The first-order valence-electron chi connectivity index (χ1n) is 7.09. The fraction of sp³-hybridized carbons (Fsp3) is 0.500. The first-order chi connectivity index (χ1) is 9.22. The molecular formula is C16H21Cl2N. The number of benzene rings is 1. The lowest BCUT2D eigenvalue weighted by Gasteiger charge is -2.25. The van der Waals surface area contributed by atoms with Gasteiger partial charge in [0.25, 0.3) is 0 Å². The Morgan fingerprint density at radius 3 is 2.68 bits per heavy atom. The second-order valence-electron chi connectivity index (χ2n) is 5.09. The Labute approximate surface area is 126 Å². The predicted octanol–water partition coefficient (Wildman–Crippen LogP) is 5.53. The van der Waals surface area contributed by atoms with Crippen molar-refractivity contribution in [3.8, 4) is 0 Å². The fourth-order valence-electron chi connectivity index (χ4n) is 2.57. The summed E-state index contributed by atoms with van der Waals surface area (Å²) in [4.78, 5) is 0. The van der Waals surface area contributed by atoms with Crippen molar-refractivity contribution in [3.63, 3.8) is 0 Å². The Morgan fingerprint density at radius 1 is 1.21 bits per heavy atom. The van der Waals surface area contributed by atoms with Gasteiger partial charge in [0.15, 0.2) is 0 Å². The van der Waals surface area contributed by atoms with E-state index in [9.17, 15) is 0 Å². The number of halogens is 2. The van der Waals surface area contributed by atoms with Crippen LogP contribution < -0.4 is 5.32 Å². The lowest BCUT2D eigenvalue weighted by Crippen LogP contribution is -2.24. The van der Waals surface area contributed by atoms with Gasteiger partial charge in [0.2, 0.25) is 0 Å². The molecule has 1 unspecified atom stereocenters. The summed E-state index contributed by atoms with van der Waals surface area (Å²) < 4.78 is 0. The molecule has 1 aromatic rings. The molecule has 2 rings (SSSR count). The summed E-state index contributed by atoms with van der Waals surface area (Å²) >= 11 is 12.2. The molecule has 3 heteroatoms. The van der Waals surface area contributed by atoms with Gasteiger partial charge in [-0.3, -0.25) is 0 Å². The van der Waals surface area contributed by atoms with Crippen molar-refractivity contribution in [2.45, 2.75) is 45.1 Å². The Bertz CT molecular complexity index is 454. The normalized spacial score (nSPS) is 17.1. The number of hydrogen-bond donors (Lipinski definition) is 1. The van der Waals surface area contributed by atoms with Crippen molar-refractivity contribution >= 4 is 23.2 Å². The molecular weight excluding hydrogens is 277 g/mol. The average Bonchev–Trinajstić information content (AvgIpc) is 2.44. The zero-order valence-electron chi connectivity index (χ0n) is 11.4. The van der Waals surface area contributed by atoms with Crippen LogP contribution in [-0.2, 0) is 0 Å². The molecule has 19 heavy (non-hydrogen) atoms. The molecule has 0 aromatic heterocycles. The van der Waals surface area contributed by atoms with E-state index in [1.54, 1.807) is 0 Å². The SMILES string of the molecule is CCCNC(C1=CCCCC1)c1ccc(Cl)c(Cl)c1. The van der Waals surface area contributed by atoms with Crippen molar-refractivity contribution in [2.75, 3.05) is 6.54 Å². The molecule has 1 aliphatic rings. The Morgan fingerprint density at radius 2 is 2.05 bits per heavy atom. The highest BCUT2D eigenvalue weighted by atomic mass is 35.5. The van der Waals surface area contributed by atoms with E-state index in [4.69, 9.17) is 23.2 Å². The molecule has 0 bridgehead atoms. The number of rotatable bonds is 5. The first kappa shape index (κ1) is 14.9. The summed E-state index contributed by atoms with van der Waals surface area (Å²) in [6.07, 6.45) is 8.50. The van der Waals surface area contributed by atoms with E-state index >= 15 is 0 Å². The van der Waals surface area contributed by atoms with Crippen LogP contribution in [0.3, 0.4) is 0 Å². The molecule has 1 nitrogen and oxygen atoms in total. The van der Waals surface area contributed by atoms with Gasteiger partial charge in [0.1, 0.15) is 0 Å². The molecule has 104 valence electrons. The molecule has 0 aliphatic heterocycles. The van der Waals surface area contributed by atoms with E-state index in [1.165, 1.54) is 36.8 Å². The summed E-state index contributed by atoms with van der Waals surface area (Å²) in [5.41, 5.74) is 2.72. The van der Waals surface area contributed by atoms with Gasteiger partial charge >= 0.3 is 0 Å². The van der Waals surface area contributed by atoms with E-state index in [-0.39, 0.29) is 6.04 Å². The van der Waals surface area contributed by atoms with Crippen LogP contribution in [0.1, 0.15) is 50.6 Å². The third-order valence-electron chi connectivity index (χ3n) is 3.57. The molecule has 0 saturated heterocycles. The quantitative estimate of drug-likeness (QED) is 0.704. The third-order valence-corrected chi connectivity index (χ3v) is 4.31. The van der Waals surface area contributed by atoms with Gasteiger partial charge in [-0.15, -0.1) is 0 Å². The Balaban J connectivity index is 2.25. The Hall–Kier alpha value is -0.500. The van der Waals surface area contributed by atoms with Crippen LogP contribution >= 0.6 is 23.2 Å². The van der Waals surface area contributed by atoms with Gasteiger partial charge in [-0.1, -0.05) is 47.8 Å². The predicted molar refractivity (Wildman–Crippen MR) is 84.0 cm³/mol. The lowest BCUT2D eigenvalue weighted by atomic mass is 9.90. The fourth-order valence-corrected chi connectivity index (χ4v) is 2.88. The molecule has 1 aromatic carbocycles. The van der Waals surface area contributed by atoms with E-state index < -0.39 is 0 Å². The Kier molecular flexibility index (Phi) is 5.75. The van der Waals surface area contributed by atoms with Gasteiger partial charge in [-0.05, 0) is 56.3 Å². The molecule has 1 atom stereocenters. The van der Waals surface area contributed by atoms with Crippen molar-refractivity contribution in [2.24, 2.45) is 0 Å². The monoisotopic (exact) mass is 297 g/mol. The minimum absolute atomic E-state index is 0.287. The average molecular weight is 298 g/mol. The molecule has 0 radical (unpaired) electrons. The van der Waals surface area contributed by atoms with E-state index in [1.807, 2.05) is 12.1 Å². The zero-order chi connectivity index (χ0) is 13.7. The standard InChI is InChI=1S/C16H21Cl2N/c1-2-10-19-16(12-6-4-3-5-7-12)13-8-9-14(17)15(18)11-13/h6,8-9,11,16,19H,2-5,7,10H2,1H3. The molecule has 1 aliphatic carbocycles. The van der Waals surface area contributed by atoms with Gasteiger partial charge in [0, 0.05) is 0 Å². The van der Waals surface area contributed by atoms with E-state index in [2.05, 4.69) is 24.4 Å². The number of nitrogens with one attached hydrogen (secondary N) is 1. The highest BCUT2D eigenvalue weighted by Gasteiger charge is 2.18. The van der Waals surface area contributed by atoms with Crippen molar-refractivity contribution < 1.29 is 0 Å². The lowest BCUT2D eigenvalue weighted by molar-refractivity contribution is 0.547. The van der Waals surface area contributed by atoms with Crippen LogP contribution in [0, 0.1) is 0 Å². The molecule has 1 N–H and O–H groups in total. The molecule has 0 spiro atoms. The summed E-state index contributed by atoms with van der Waals surface area (Å²) in [6.45, 7) is 3.20. The summed E-state index contributed by atoms with van der Waals surface area (Å²) in [7, 11) is 0. The third kappa shape index (κ3) is 3.98. The molecule has 0 saturated carbocycles. The zero-order valence-corrected chi connectivity index (χ0v) is 12.9. The minimum Gasteiger partial charge on any atom is -0.307 e. The van der Waals surface area contributed by atoms with Crippen LogP contribution in [0.4, 0.5) is 0 Å². The number of hydrogen-bond acceptors (Lipinski definition) is 1. The summed E-state index contributed by atoms with van der Waals surface area (Å²) in [5, 5.41) is 4.89. The topological polar surface area (TPSA) is 12.0 Å². The smallest absolute Gasteiger partial charge is 0.0595 e. The van der Waals surface area contributed by atoms with Crippen molar-refractivity contribution in [3.05, 3.63) is 45.5 Å². The van der Waals surface area contributed by atoms with Crippen LogP contribution in [0.2, 0.25) is 10.0 Å². The van der Waals surface area contributed by atoms with Gasteiger partial charge in [-0.25, -0.2) is 0 Å². The number of allylic oxidation sites excluding steroid dienone is 1. The highest BCUT2D eigenvalue weighted by molar-refractivity contribution is 6.42. The van der Waals surface area contributed by atoms with Crippen molar-refractivity contribution in [1.29, 1.82) is 0 Å².